The van der Waals surface area contributed by atoms with E-state index in [1.807, 2.05) is 19.9 Å². The standard InChI is InChI=1S/C13H15ClFN3/c1-8-13(14)9(2)18(17-8)7-11-4-3-10(6-16)5-12(11)15/h3-5H,6-7,16H2,1-2H3. The van der Waals surface area contributed by atoms with Crippen LogP contribution in [0.5, 0.6) is 0 Å². The highest BCUT2D eigenvalue weighted by molar-refractivity contribution is 6.31. The summed E-state index contributed by atoms with van der Waals surface area (Å²) in [5, 5.41) is 4.92. The van der Waals surface area contributed by atoms with Crippen LogP contribution in [0.25, 0.3) is 0 Å². The molecule has 0 aliphatic carbocycles. The van der Waals surface area contributed by atoms with Gasteiger partial charge in [-0.05, 0) is 25.5 Å². The molecule has 0 saturated carbocycles. The van der Waals surface area contributed by atoms with Gasteiger partial charge in [0.25, 0.3) is 0 Å². The maximum atomic E-state index is 13.8. The molecule has 1 aromatic heterocycles. The lowest BCUT2D eigenvalue weighted by Crippen LogP contribution is -2.07. The normalized spacial score (nSPS) is 10.9. The zero-order chi connectivity index (χ0) is 13.3. The van der Waals surface area contributed by atoms with Gasteiger partial charge < -0.3 is 5.73 Å². The largest absolute Gasteiger partial charge is 0.326 e. The summed E-state index contributed by atoms with van der Waals surface area (Å²) in [5.74, 6) is -0.262. The van der Waals surface area contributed by atoms with Crippen molar-refractivity contribution in [2.24, 2.45) is 5.73 Å². The Morgan fingerprint density at radius 2 is 2.11 bits per heavy atom. The number of hydrogen-bond donors (Lipinski definition) is 1. The average Bonchev–Trinajstić information content (AvgIpc) is 2.59. The van der Waals surface area contributed by atoms with Gasteiger partial charge >= 0.3 is 0 Å². The first-order valence-corrected chi connectivity index (χ1v) is 6.07. The molecule has 96 valence electrons. The highest BCUT2D eigenvalue weighted by atomic mass is 35.5. The number of aryl methyl sites for hydroxylation is 1. The zero-order valence-corrected chi connectivity index (χ0v) is 11.1. The molecular formula is C13H15ClFN3. The Morgan fingerprint density at radius 1 is 1.39 bits per heavy atom. The number of halogens is 2. The molecule has 2 N–H and O–H groups in total. The number of rotatable bonds is 3. The monoisotopic (exact) mass is 267 g/mol. The number of hydrogen-bond acceptors (Lipinski definition) is 2. The zero-order valence-electron chi connectivity index (χ0n) is 10.4. The molecular weight excluding hydrogens is 253 g/mol. The second-order valence-electron chi connectivity index (χ2n) is 4.27. The molecule has 18 heavy (non-hydrogen) atoms. The van der Waals surface area contributed by atoms with E-state index in [-0.39, 0.29) is 5.82 Å². The van der Waals surface area contributed by atoms with Crippen LogP contribution in [0.1, 0.15) is 22.5 Å². The minimum absolute atomic E-state index is 0.262. The lowest BCUT2D eigenvalue weighted by Gasteiger charge is -2.07. The minimum Gasteiger partial charge on any atom is -0.326 e. The van der Waals surface area contributed by atoms with E-state index in [1.54, 1.807) is 10.7 Å². The number of nitrogens with two attached hydrogens (primary N) is 1. The van der Waals surface area contributed by atoms with Crippen LogP contribution in [0, 0.1) is 19.7 Å². The molecule has 0 fully saturated rings. The molecule has 2 rings (SSSR count). The van der Waals surface area contributed by atoms with Gasteiger partial charge in [-0.2, -0.15) is 5.10 Å². The third kappa shape index (κ3) is 2.40. The lowest BCUT2D eigenvalue weighted by molar-refractivity contribution is 0.577. The third-order valence-electron chi connectivity index (χ3n) is 2.97. The first-order valence-electron chi connectivity index (χ1n) is 5.69. The van der Waals surface area contributed by atoms with Crippen LogP contribution >= 0.6 is 11.6 Å². The first-order chi connectivity index (χ1) is 8.52. The Morgan fingerprint density at radius 3 is 2.61 bits per heavy atom. The summed E-state index contributed by atoms with van der Waals surface area (Å²) < 4.78 is 15.5. The molecule has 0 bridgehead atoms. The highest BCUT2D eigenvalue weighted by Crippen LogP contribution is 2.20. The van der Waals surface area contributed by atoms with E-state index >= 15 is 0 Å². The summed E-state index contributed by atoms with van der Waals surface area (Å²) in [7, 11) is 0. The van der Waals surface area contributed by atoms with Crippen LogP contribution in [0.3, 0.4) is 0 Å². The van der Waals surface area contributed by atoms with Gasteiger partial charge in [-0.15, -0.1) is 0 Å². The Kier molecular flexibility index (Phi) is 3.68. The van der Waals surface area contributed by atoms with E-state index in [2.05, 4.69) is 5.10 Å². The van der Waals surface area contributed by atoms with Gasteiger partial charge in [0, 0.05) is 12.1 Å². The summed E-state index contributed by atoms with van der Waals surface area (Å²) in [5.41, 5.74) is 8.43. The Bertz CT molecular complexity index is 578. The molecule has 0 spiro atoms. The molecule has 0 aliphatic rings. The highest BCUT2D eigenvalue weighted by Gasteiger charge is 2.11. The molecule has 3 nitrogen and oxygen atoms in total. The van der Waals surface area contributed by atoms with Crippen LogP contribution in [-0.4, -0.2) is 9.78 Å². The van der Waals surface area contributed by atoms with Crippen LogP contribution in [0.2, 0.25) is 5.02 Å². The Hall–Kier alpha value is -1.39. The van der Waals surface area contributed by atoms with Crippen molar-refractivity contribution in [1.82, 2.24) is 9.78 Å². The molecule has 0 amide bonds. The first kappa shape index (κ1) is 13.1. The van der Waals surface area contributed by atoms with Crippen LogP contribution < -0.4 is 5.73 Å². The number of nitrogens with zero attached hydrogens (tertiary/aromatic N) is 2. The molecule has 2 aromatic rings. The minimum atomic E-state index is -0.262. The van der Waals surface area contributed by atoms with Crippen LogP contribution in [-0.2, 0) is 13.1 Å². The maximum Gasteiger partial charge on any atom is 0.128 e. The molecule has 0 atom stereocenters. The molecule has 5 heteroatoms. The summed E-state index contributed by atoms with van der Waals surface area (Å²) in [4.78, 5) is 0. The van der Waals surface area contributed by atoms with Crippen LogP contribution in [0.15, 0.2) is 18.2 Å². The second-order valence-corrected chi connectivity index (χ2v) is 4.65. The SMILES string of the molecule is Cc1nn(Cc2ccc(CN)cc2F)c(C)c1Cl. The maximum absolute atomic E-state index is 13.8. The molecule has 0 aliphatic heterocycles. The van der Waals surface area contributed by atoms with E-state index in [4.69, 9.17) is 17.3 Å². The van der Waals surface area contributed by atoms with E-state index < -0.39 is 0 Å². The third-order valence-corrected chi connectivity index (χ3v) is 3.51. The predicted molar refractivity (Wildman–Crippen MR) is 70.1 cm³/mol. The van der Waals surface area contributed by atoms with Crippen molar-refractivity contribution in [3.8, 4) is 0 Å². The Labute approximate surface area is 110 Å². The molecule has 0 radical (unpaired) electrons. The van der Waals surface area contributed by atoms with Gasteiger partial charge in [-0.25, -0.2) is 4.39 Å². The van der Waals surface area contributed by atoms with Crippen molar-refractivity contribution >= 4 is 11.6 Å². The summed E-state index contributed by atoms with van der Waals surface area (Å²) in [6, 6.07) is 5.02. The average molecular weight is 268 g/mol. The van der Waals surface area contributed by atoms with Gasteiger partial charge in [0.1, 0.15) is 5.82 Å². The van der Waals surface area contributed by atoms with Crippen molar-refractivity contribution in [2.75, 3.05) is 0 Å². The lowest BCUT2D eigenvalue weighted by atomic mass is 10.1. The summed E-state index contributed by atoms with van der Waals surface area (Å²) in [6.07, 6.45) is 0. The van der Waals surface area contributed by atoms with Gasteiger partial charge in [-0.3, -0.25) is 4.68 Å². The van der Waals surface area contributed by atoms with Crippen molar-refractivity contribution in [3.63, 3.8) is 0 Å². The molecule has 1 aromatic carbocycles. The van der Waals surface area contributed by atoms with Crippen molar-refractivity contribution < 1.29 is 4.39 Å². The fourth-order valence-electron chi connectivity index (χ4n) is 1.84. The quantitative estimate of drug-likeness (QED) is 0.929. The molecule has 1 heterocycles. The topological polar surface area (TPSA) is 43.8 Å². The summed E-state index contributed by atoms with van der Waals surface area (Å²) in [6.45, 7) is 4.41. The van der Waals surface area contributed by atoms with Gasteiger partial charge in [0.2, 0.25) is 0 Å². The van der Waals surface area contributed by atoms with E-state index in [1.165, 1.54) is 6.07 Å². The number of aromatic nitrogens is 2. The van der Waals surface area contributed by atoms with Crippen molar-refractivity contribution in [1.29, 1.82) is 0 Å². The number of benzene rings is 1. The van der Waals surface area contributed by atoms with E-state index in [0.717, 1.165) is 17.0 Å². The predicted octanol–water partition coefficient (Wildman–Crippen LogP) is 2.80. The van der Waals surface area contributed by atoms with Gasteiger partial charge in [-0.1, -0.05) is 23.7 Å². The van der Waals surface area contributed by atoms with Crippen molar-refractivity contribution in [2.45, 2.75) is 26.9 Å². The van der Waals surface area contributed by atoms with Crippen LogP contribution in [0.4, 0.5) is 4.39 Å². The fourth-order valence-corrected chi connectivity index (χ4v) is 1.97. The summed E-state index contributed by atoms with van der Waals surface area (Å²) >= 11 is 6.06. The fraction of sp³-hybridized carbons (Fsp3) is 0.308. The molecule has 0 saturated heterocycles. The Balaban J connectivity index is 2.31. The molecule has 0 unspecified atom stereocenters. The van der Waals surface area contributed by atoms with Crippen molar-refractivity contribution in [3.05, 3.63) is 51.6 Å². The van der Waals surface area contributed by atoms with E-state index in [0.29, 0.717) is 23.7 Å². The second kappa shape index (κ2) is 5.08. The van der Waals surface area contributed by atoms with Gasteiger partial charge in [0.15, 0.2) is 0 Å². The van der Waals surface area contributed by atoms with Gasteiger partial charge in [0.05, 0.1) is 23.0 Å². The van der Waals surface area contributed by atoms with E-state index in [9.17, 15) is 4.39 Å². The smallest absolute Gasteiger partial charge is 0.128 e.